The summed E-state index contributed by atoms with van der Waals surface area (Å²) in [7, 11) is 1.61. The summed E-state index contributed by atoms with van der Waals surface area (Å²) in [6.45, 7) is 5.61. The number of nitrogens with zero attached hydrogens (tertiary/aromatic N) is 2. The van der Waals surface area contributed by atoms with Crippen LogP contribution in [0.25, 0.3) is 16.6 Å². The minimum Gasteiger partial charge on any atom is -0.374 e. The lowest BCUT2D eigenvalue weighted by Gasteiger charge is -2.18. The van der Waals surface area contributed by atoms with Gasteiger partial charge in [0, 0.05) is 34.8 Å². The van der Waals surface area contributed by atoms with E-state index in [9.17, 15) is 9.18 Å². The average Bonchev–Trinajstić information content (AvgIpc) is 3.07. The van der Waals surface area contributed by atoms with Crippen LogP contribution >= 0.6 is 11.6 Å². The highest BCUT2D eigenvalue weighted by molar-refractivity contribution is 6.30. The molecule has 2 aromatic carbocycles. The van der Waals surface area contributed by atoms with Crippen molar-refractivity contribution in [2.24, 2.45) is 0 Å². The zero-order chi connectivity index (χ0) is 22.7. The van der Waals surface area contributed by atoms with Crippen molar-refractivity contribution in [2.45, 2.75) is 33.2 Å². The monoisotopic (exact) mass is 441 g/mol. The smallest absolute Gasteiger partial charge is 0.245 e. The minimum atomic E-state index is -0.571. The molecule has 162 valence electrons. The highest BCUT2D eigenvalue weighted by Crippen LogP contribution is 2.25. The molecule has 3 aromatic rings. The predicted octanol–water partition coefficient (Wildman–Crippen LogP) is 4.70. The SMILES string of the molecule is CN/C(NC(=O)Cn1c(C(C)C)nc2ccccc21)=C(\C(C)=N)c1ccc(Cl)cc1F. The van der Waals surface area contributed by atoms with Crippen molar-refractivity contribution >= 4 is 39.8 Å². The van der Waals surface area contributed by atoms with Crippen LogP contribution in [0.1, 0.15) is 38.1 Å². The summed E-state index contributed by atoms with van der Waals surface area (Å²) in [5.41, 5.74) is 2.22. The number of imidazole rings is 1. The number of fused-ring (bicyclic) bond motifs is 1. The van der Waals surface area contributed by atoms with Gasteiger partial charge in [-0.25, -0.2) is 9.37 Å². The van der Waals surface area contributed by atoms with E-state index in [2.05, 4.69) is 15.6 Å². The number of carbonyl (C=O) groups excluding carboxylic acids is 1. The number of aromatic nitrogens is 2. The molecule has 0 aliphatic rings. The van der Waals surface area contributed by atoms with Crippen LogP contribution in [0, 0.1) is 11.2 Å². The molecule has 0 saturated heterocycles. The molecule has 0 aliphatic heterocycles. The Balaban J connectivity index is 1.98. The number of rotatable bonds is 7. The summed E-state index contributed by atoms with van der Waals surface area (Å²) in [6.07, 6.45) is 0. The number of hydrogen-bond donors (Lipinski definition) is 3. The zero-order valence-corrected chi connectivity index (χ0v) is 18.6. The maximum absolute atomic E-state index is 14.5. The van der Waals surface area contributed by atoms with E-state index in [0.29, 0.717) is 0 Å². The second-order valence-corrected chi connectivity index (χ2v) is 7.93. The van der Waals surface area contributed by atoms with Crippen molar-refractivity contribution in [3.8, 4) is 0 Å². The standard InChI is InChI=1S/C23H25ClFN5O/c1-13(2)23-28-18-7-5-6-8-19(18)30(23)12-20(31)29-22(27-4)21(14(3)26)16-10-9-15(24)11-17(16)25/h5-11,13,26-27H,12H2,1-4H3,(H,29,31)/b22-21-,26-14?. The third-order valence-corrected chi connectivity index (χ3v) is 5.08. The third-order valence-electron chi connectivity index (χ3n) is 4.84. The molecule has 8 heteroatoms. The number of benzene rings is 2. The van der Waals surface area contributed by atoms with Crippen LogP contribution in [0.4, 0.5) is 4.39 Å². The fraction of sp³-hybridized carbons (Fsp3) is 0.261. The van der Waals surface area contributed by atoms with Gasteiger partial charge in [-0.05, 0) is 37.3 Å². The Bertz CT molecular complexity index is 1180. The Hall–Kier alpha value is -3.19. The number of carbonyl (C=O) groups is 1. The molecule has 0 saturated carbocycles. The van der Waals surface area contributed by atoms with Gasteiger partial charge in [-0.2, -0.15) is 0 Å². The van der Waals surface area contributed by atoms with Crippen molar-refractivity contribution in [1.29, 1.82) is 5.41 Å². The number of halogens is 2. The Kier molecular flexibility index (Phi) is 6.75. The molecule has 1 heterocycles. The van der Waals surface area contributed by atoms with Gasteiger partial charge in [-0.3, -0.25) is 4.79 Å². The number of allylic oxidation sites excluding steroid dienone is 1. The second-order valence-electron chi connectivity index (χ2n) is 7.50. The molecule has 1 aromatic heterocycles. The van der Waals surface area contributed by atoms with Gasteiger partial charge in [0.1, 0.15) is 24.0 Å². The molecule has 6 nitrogen and oxygen atoms in total. The highest BCUT2D eigenvalue weighted by atomic mass is 35.5. The normalized spacial score (nSPS) is 12.1. The average molecular weight is 442 g/mol. The lowest BCUT2D eigenvalue weighted by atomic mass is 10.0. The van der Waals surface area contributed by atoms with E-state index < -0.39 is 5.82 Å². The quantitative estimate of drug-likeness (QED) is 0.465. The number of nitrogens with one attached hydrogen (secondary N) is 3. The van der Waals surface area contributed by atoms with Crippen LogP contribution in [-0.4, -0.2) is 28.2 Å². The summed E-state index contributed by atoms with van der Waals surface area (Å²) in [4.78, 5) is 17.6. The van der Waals surface area contributed by atoms with E-state index in [1.807, 2.05) is 42.7 Å². The second kappa shape index (κ2) is 9.31. The molecule has 3 rings (SSSR count). The summed E-state index contributed by atoms with van der Waals surface area (Å²) >= 11 is 5.86. The molecule has 0 fully saturated rings. The topological polar surface area (TPSA) is 82.8 Å². The van der Waals surface area contributed by atoms with E-state index >= 15 is 0 Å². The highest BCUT2D eigenvalue weighted by Gasteiger charge is 2.20. The first kappa shape index (κ1) is 22.5. The van der Waals surface area contributed by atoms with E-state index in [0.717, 1.165) is 16.9 Å². The maximum atomic E-state index is 14.5. The van der Waals surface area contributed by atoms with Gasteiger partial charge in [0.05, 0.1) is 11.0 Å². The van der Waals surface area contributed by atoms with Crippen LogP contribution in [-0.2, 0) is 11.3 Å². The van der Waals surface area contributed by atoms with Crippen LogP contribution in [0.5, 0.6) is 0 Å². The van der Waals surface area contributed by atoms with Crippen LogP contribution in [0.3, 0.4) is 0 Å². The zero-order valence-electron chi connectivity index (χ0n) is 17.9. The molecular weight excluding hydrogens is 417 g/mol. The first-order valence-electron chi connectivity index (χ1n) is 9.91. The van der Waals surface area contributed by atoms with Crippen LogP contribution in [0.15, 0.2) is 48.3 Å². The minimum absolute atomic E-state index is 0.0344. The Morgan fingerprint density at radius 2 is 1.97 bits per heavy atom. The molecule has 0 aliphatic carbocycles. The number of hydrogen-bond acceptors (Lipinski definition) is 4. The number of para-hydroxylation sites is 2. The van der Waals surface area contributed by atoms with Gasteiger partial charge < -0.3 is 20.6 Å². The van der Waals surface area contributed by atoms with Gasteiger partial charge in [0.15, 0.2) is 0 Å². The molecule has 0 radical (unpaired) electrons. The van der Waals surface area contributed by atoms with E-state index in [4.69, 9.17) is 17.0 Å². The largest absolute Gasteiger partial charge is 0.374 e. The predicted molar refractivity (Wildman–Crippen MR) is 123 cm³/mol. The van der Waals surface area contributed by atoms with Crippen LogP contribution < -0.4 is 10.6 Å². The molecule has 1 amide bonds. The van der Waals surface area contributed by atoms with E-state index in [1.54, 1.807) is 13.1 Å². The molecule has 0 unspecified atom stereocenters. The summed E-state index contributed by atoms with van der Waals surface area (Å²) in [5.74, 6) is 0.288. The van der Waals surface area contributed by atoms with Gasteiger partial charge in [-0.1, -0.05) is 37.6 Å². The fourth-order valence-corrected chi connectivity index (χ4v) is 3.65. The molecule has 0 atom stereocenters. The van der Waals surface area contributed by atoms with Gasteiger partial charge in [0.25, 0.3) is 0 Å². The molecular formula is C23H25ClFN5O. The Labute approximate surface area is 185 Å². The van der Waals surface area contributed by atoms with Crippen LogP contribution in [0.2, 0.25) is 5.02 Å². The van der Waals surface area contributed by atoms with Crippen molar-refractivity contribution in [1.82, 2.24) is 20.2 Å². The molecule has 31 heavy (non-hydrogen) atoms. The molecule has 0 bridgehead atoms. The molecule has 3 N–H and O–H groups in total. The lowest BCUT2D eigenvalue weighted by molar-refractivity contribution is -0.121. The number of amides is 1. The fourth-order valence-electron chi connectivity index (χ4n) is 3.49. The van der Waals surface area contributed by atoms with Crippen molar-refractivity contribution < 1.29 is 9.18 Å². The van der Waals surface area contributed by atoms with Gasteiger partial charge in [0.2, 0.25) is 5.91 Å². The van der Waals surface area contributed by atoms with Crippen molar-refractivity contribution in [3.63, 3.8) is 0 Å². The molecule has 0 spiro atoms. The first-order valence-corrected chi connectivity index (χ1v) is 10.3. The summed E-state index contributed by atoms with van der Waals surface area (Å²) in [6, 6.07) is 11.9. The maximum Gasteiger partial charge on any atom is 0.245 e. The van der Waals surface area contributed by atoms with Crippen molar-refractivity contribution in [2.75, 3.05) is 7.05 Å². The van der Waals surface area contributed by atoms with E-state index in [-0.39, 0.29) is 46.1 Å². The lowest BCUT2D eigenvalue weighted by Crippen LogP contribution is -2.34. The van der Waals surface area contributed by atoms with Gasteiger partial charge in [-0.15, -0.1) is 0 Å². The summed E-state index contributed by atoms with van der Waals surface area (Å²) < 4.78 is 16.4. The first-order chi connectivity index (χ1) is 14.7. The van der Waals surface area contributed by atoms with Crippen molar-refractivity contribution in [3.05, 3.63) is 70.5 Å². The Morgan fingerprint density at radius 3 is 2.58 bits per heavy atom. The summed E-state index contributed by atoms with van der Waals surface area (Å²) in [5, 5.41) is 14.1. The van der Waals surface area contributed by atoms with Gasteiger partial charge >= 0.3 is 0 Å². The third kappa shape index (κ3) is 4.77. The Morgan fingerprint density at radius 1 is 1.26 bits per heavy atom. The van der Waals surface area contributed by atoms with E-state index in [1.165, 1.54) is 19.1 Å².